The molecule has 2 nitrogen and oxygen atoms in total. The molecular formula is C16H34N2. The molecule has 0 saturated carbocycles. The Balaban J connectivity index is 3.00. The molecule has 0 bridgehead atoms. The smallest absolute Gasteiger partial charge is 0.0228 e. The third-order valence-corrected chi connectivity index (χ3v) is 4.64. The van der Waals surface area contributed by atoms with Crippen LogP contribution in [0.25, 0.3) is 0 Å². The van der Waals surface area contributed by atoms with Crippen LogP contribution in [-0.2, 0) is 0 Å². The van der Waals surface area contributed by atoms with Crippen LogP contribution in [0.15, 0.2) is 0 Å². The van der Waals surface area contributed by atoms with Gasteiger partial charge in [-0.15, -0.1) is 0 Å². The van der Waals surface area contributed by atoms with Gasteiger partial charge in [0.25, 0.3) is 0 Å². The summed E-state index contributed by atoms with van der Waals surface area (Å²) in [5.74, 6) is 0. The van der Waals surface area contributed by atoms with Crippen LogP contribution in [0.1, 0.15) is 68.2 Å². The molecule has 0 aromatic heterocycles. The predicted molar refractivity (Wildman–Crippen MR) is 81.1 cm³/mol. The Bertz CT molecular complexity index is 256. The van der Waals surface area contributed by atoms with Gasteiger partial charge in [-0.05, 0) is 67.9 Å². The molecule has 1 aliphatic heterocycles. The van der Waals surface area contributed by atoms with Crippen LogP contribution in [0.2, 0.25) is 0 Å². The van der Waals surface area contributed by atoms with Gasteiger partial charge in [0.15, 0.2) is 0 Å². The molecule has 2 heteroatoms. The molecule has 1 heterocycles. The van der Waals surface area contributed by atoms with Crippen LogP contribution in [0, 0.1) is 0 Å². The van der Waals surface area contributed by atoms with Gasteiger partial charge in [0.2, 0.25) is 0 Å². The van der Waals surface area contributed by atoms with Gasteiger partial charge >= 0.3 is 0 Å². The Kier molecular flexibility index (Phi) is 5.25. The molecule has 0 aliphatic carbocycles. The summed E-state index contributed by atoms with van der Waals surface area (Å²) in [6.07, 6.45) is 2.54. The van der Waals surface area contributed by atoms with E-state index in [0.29, 0.717) is 24.2 Å². The summed E-state index contributed by atoms with van der Waals surface area (Å²) in [7, 11) is 0. The van der Waals surface area contributed by atoms with E-state index in [1.165, 1.54) is 19.4 Å². The molecular weight excluding hydrogens is 220 g/mol. The minimum absolute atomic E-state index is 0.259. The predicted octanol–water partition coefficient (Wildman–Crippen LogP) is 3.76. The Labute approximate surface area is 115 Å². The van der Waals surface area contributed by atoms with Crippen molar-refractivity contribution in [2.24, 2.45) is 0 Å². The summed E-state index contributed by atoms with van der Waals surface area (Å²) in [5, 5.41) is 0. The maximum atomic E-state index is 2.73. The molecule has 0 N–H and O–H groups in total. The fraction of sp³-hybridized carbons (Fsp3) is 1.00. The maximum Gasteiger partial charge on any atom is 0.0228 e. The standard InChI is InChI=1S/C16H34N2/c1-9-10-17-12(2)11-13(3)18(16(6,7)8)15(5)14(17)4/h12-15H,9-11H2,1-8H3. The summed E-state index contributed by atoms with van der Waals surface area (Å²) >= 11 is 0. The Morgan fingerprint density at radius 2 is 1.50 bits per heavy atom. The minimum atomic E-state index is 0.259. The number of nitrogens with zero attached hydrogens (tertiary/aromatic N) is 2. The first-order valence-corrected chi connectivity index (χ1v) is 7.74. The highest BCUT2D eigenvalue weighted by Crippen LogP contribution is 2.31. The zero-order valence-electron chi connectivity index (χ0n) is 13.8. The van der Waals surface area contributed by atoms with E-state index in [1.807, 2.05) is 0 Å². The van der Waals surface area contributed by atoms with Crippen LogP contribution in [0.3, 0.4) is 0 Å². The fourth-order valence-electron chi connectivity index (χ4n) is 4.01. The minimum Gasteiger partial charge on any atom is -0.296 e. The van der Waals surface area contributed by atoms with Gasteiger partial charge in [-0.1, -0.05) is 6.92 Å². The normalized spacial score (nSPS) is 36.7. The molecule has 1 fully saturated rings. The zero-order chi connectivity index (χ0) is 14.1. The van der Waals surface area contributed by atoms with E-state index in [-0.39, 0.29) is 5.54 Å². The van der Waals surface area contributed by atoms with E-state index in [4.69, 9.17) is 0 Å². The largest absolute Gasteiger partial charge is 0.296 e. The van der Waals surface area contributed by atoms with Gasteiger partial charge in [0.05, 0.1) is 0 Å². The lowest BCUT2D eigenvalue weighted by molar-refractivity contribution is 0.0303. The Morgan fingerprint density at radius 1 is 0.944 bits per heavy atom. The van der Waals surface area contributed by atoms with E-state index >= 15 is 0 Å². The Hall–Kier alpha value is -0.0800. The molecule has 0 aromatic rings. The lowest BCUT2D eigenvalue weighted by atomic mass is 9.97. The first-order chi connectivity index (χ1) is 8.20. The first kappa shape index (κ1) is 16.0. The Morgan fingerprint density at radius 3 is 1.94 bits per heavy atom. The van der Waals surface area contributed by atoms with Crippen molar-refractivity contribution in [3.8, 4) is 0 Å². The van der Waals surface area contributed by atoms with Gasteiger partial charge < -0.3 is 0 Å². The van der Waals surface area contributed by atoms with Crippen LogP contribution in [-0.4, -0.2) is 46.1 Å². The first-order valence-electron chi connectivity index (χ1n) is 7.74. The molecule has 0 aromatic carbocycles. The SMILES string of the molecule is CCCN1C(C)CC(C)N(C(C)(C)C)C(C)C1C. The second-order valence-corrected chi connectivity index (χ2v) is 7.23. The van der Waals surface area contributed by atoms with Gasteiger partial charge in [0.1, 0.15) is 0 Å². The van der Waals surface area contributed by atoms with Gasteiger partial charge in [0, 0.05) is 29.7 Å². The van der Waals surface area contributed by atoms with E-state index in [0.717, 1.165) is 0 Å². The second-order valence-electron chi connectivity index (χ2n) is 7.23. The number of rotatable bonds is 2. The molecule has 1 saturated heterocycles. The van der Waals surface area contributed by atoms with Gasteiger partial charge in [-0.25, -0.2) is 0 Å². The number of hydrogen-bond acceptors (Lipinski definition) is 2. The summed E-state index contributed by atoms with van der Waals surface area (Å²) in [4.78, 5) is 5.44. The van der Waals surface area contributed by atoms with Crippen LogP contribution in [0.4, 0.5) is 0 Å². The summed E-state index contributed by atoms with van der Waals surface area (Å²) in [6.45, 7) is 20.2. The van der Waals surface area contributed by atoms with E-state index in [1.54, 1.807) is 0 Å². The van der Waals surface area contributed by atoms with Crippen molar-refractivity contribution in [3.05, 3.63) is 0 Å². The monoisotopic (exact) mass is 254 g/mol. The molecule has 1 aliphatic rings. The van der Waals surface area contributed by atoms with Crippen LogP contribution < -0.4 is 0 Å². The zero-order valence-corrected chi connectivity index (χ0v) is 13.8. The average molecular weight is 254 g/mol. The van der Waals surface area contributed by atoms with Crippen molar-refractivity contribution in [3.63, 3.8) is 0 Å². The molecule has 4 unspecified atom stereocenters. The van der Waals surface area contributed by atoms with Crippen molar-refractivity contribution in [1.82, 2.24) is 9.80 Å². The third-order valence-electron chi connectivity index (χ3n) is 4.64. The molecule has 1 rings (SSSR count). The fourth-order valence-corrected chi connectivity index (χ4v) is 4.01. The van der Waals surface area contributed by atoms with Crippen molar-refractivity contribution >= 4 is 0 Å². The second kappa shape index (κ2) is 5.92. The van der Waals surface area contributed by atoms with Crippen molar-refractivity contribution in [1.29, 1.82) is 0 Å². The molecule has 108 valence electrons. The molecule has 4 atom stereocenters. The van der Waals surface area contributed by atoms with E-state index in [2.05, 4.69) is 65.2 Å². The molecule has 0 spiro atoms. The van der Waals surface area contributed by atoms with Crippen LogP contribution in [0.5, 0.6) is 0 Å². The maximum absolute atomic E-state index is 2.73. The topological polar surface area (TPSA) is 6.48 Å². The van der Waals surface area contributed by atoms with Crippen LogP contribution >= 0.6 is 0 Å². The lowest BCUT2D eigenvalue weighted by Gasteiger charge is -2.45. The average Bonchev–Trinajstić information content (AvgIpc) is 2.28. The quantitative estimate of drug-likeness (QED) is 0.740. The molecule has 0 amide bonds. The highest BCUT2D eigenvalue weighted by atomic mass is 15.3. The molecule has 0 radical (unpaired) electrons. The summed E-state index contributed by atoms with van der Waals surface area (Å²) in [6, 6.07) is 2.63. The van der Waals surface area contributed by atoms with Crippen molar-refractivity contribution < 1.29 is 0 Å². The lowest BCUT2D eigenvalue weighted by Crippen LogP contribution is -2.55. The van der Waals surface area contributed by atoms with Gasteiger partial charge in [-0.2, -0.15) is 0 Å². The van der Waals surface area contributed by atoms with Gasteiger partial charge in [-0.3, -0.25) is 9.80 Å². The van der Waals surface area contributed by atoms with E-state index < -0.39 is 0 Å². The molecule has 18 heavy (non-hydrogen) atoms. The number of hydrogen-bond donors (Lipinski definition) is 0. The van der Waals surface area contributed by atoms with Crippen molar-refractivity contribution in [2.45, 2.75) is 97.9 Å². The summed E-state index contributed by atoms with van der Waals surface area (Å²) in [5.41, 5.74) is 0.259. The third kappa shape index (κ3) is 3.27. The summed E-state index contributed by atoms with van der Waals surface area (Å²) < 4.78 is 0. The van der Waals surface area contributed by atoms with Crippen molar-refractivity contribution in [2.75, 3.05) is 6.54 Å². The highest BCUT2D eigenvalue weighted by Gasteiger charge is 2.39. The highest BCUT2D eigenvalue weighted by molar-refractivity contribution is 4.95. The van der Waals surface area contributed by atoms with E-state index in [9.17, 15) is 0 Å².